The monoisotopic (exact) mass is 413 g/mol. The number of para-hydroxylation sites is 1. The second-order valence-electron chi connectivity index (χ2n) is 7.72. The number of furan rings is 1. The lowest BCUT2D eigenvalue weighted by atomic mass is 9.97. The van der Waals surface area contributed by atoms with E-state index < -0.39 is 0 Å². The van der Waals surface area contributed by atoms with Gasteiger partial charge in [-0.2, -0.15) is 0 Å². The third kappa shape index (κ3) is 4.39. The summed E-state index contributed by atoms with van der Waals surface area (Å²) in [5, 5.41) is 4.56. The predicted octanol–water partition coefficient (Wildman–Crippen LogP) is 3.38. The molecule has 2 atom stereocenters. The Kier molecular flexibility index (Phi) is 5.92. The number of fused-ring (bicyclic) bond motifs is 1. The summed E-state index contributed by atoms with van der Waals surface area (Å²) >= 11 is 1.67. The first-order valence-corrected chi connectivity index (χ1v) is 11.2. The van der Waals surface area contributed by atoms with E-state index in [-0.39, 0.29) is 0 Å². The number of rotatable bonds is 7. The van der Waals surface area contributed by atoms with E-state index in [4.69, 9.17) is 18.9 Å². The van der Waals surface area contributed by atoms with Crippen LogP contribution in [0, 0.1) is 5.92 Å². The van der Waals surface area contributed by atoms with Crippen molar-refractivity contribution < 1.29 is 13.9 Å². The second-order valence-corrected chi connectivity index (χ2v) is 8.75. The van der Waals surface area contributed by atoms with Crippen LogP contribution in [-0.4, -0.2) is 62.0 Å². The van der Waals surface area contributed by atoms with E-state index in [2.05, 4.69) is 22.3 Å². The summed E-state index contributed by atoms with van der Waals surface area (Å²) in [6.45, 7) is 7.07. The van der Waals surface area contributed by atoms with Gasteiger partial charge in [0.2, 0.25) is 0 Å². The van der Waals surface area contributed by atoms with Crippen LogP contribution in [0.25, 0.3) is 21.0 Å². The maximum Gasteiger partial charge on any atom is 0.163 e. The van der Waals surface area contributed by atoms with Gasteiger partial charge in [-0.1, -0.05) is 12.1 Å². The van der Waals surface area contributed by atoms with Crippen molar-refractivity contribution in [2.45, 2.75) is 19.0 Å². The molecule has 0 radical (unpaired) electrons. The Balaban J connectivity index is 1.21. The van der Waals surface area contributed by atoms with E-state index in [1.165, 1.54) is 4.70 Å². The van der Waals surface area contributed by atoms with Crippen molar-refractivity contribution >= 4 is 21.6 Å². The Morgan fingerprint density at radius 1 is 1.10 bits per heavy atom. The topological polar surface area (TPSA) is 59.8 Å². The molecule has 154 valence electrons. The van der Waals surface area contributed by atoms with Crippen molar-refractivity contribution in [3.63, 3.8) is 0 Å². The lowest BCUT2D eigenvalue weighted by molar-refractivity contribution is 0.00129. The molecule has 2 aliphatic heterocycles. The van der Waals surface area contributed by atoms with Crippen LogP contribution in [-0.2, 0) is 16.0 Å². The first kappa shape index (κ1) is 19.2. The van der Waals surface area contributed by atoms with Gasteiger partial charge >= 0.3 is 0 Å². The van der Waals surface area contributed by atoms with Gasteiger partial charge in [0.05, 0.1) is 36.6 Å². The first-order chi connectivity index (χ1) is 14.4. The number of thiazole rings is 1. The molecule has 2 fully saturated rings. The van der Waals surface area contributed by atoms with Gasteiger partial charge in [0, 0.05) is 38.2 Å². The summed E-state index contributed by atoms with van der Waals surface area (Å²) in [6, 6.07) is 12.8. The molecule has 4 heterocycles. The van der Waals surface area contributed by atoms with Crippen LogP contribution < -0.4 is 5.32 Å². The van der Waals surface area contributed by atoms with Gasteiger partial charge in [0.15, 0.2) is 10.8 Å². The highest BCUT2D eigenvalue weighted by Gasteiger charge is 2.31. The molecule has 0 aliphatic carbocycles. The largest absolute Gasteiger partial charge is 0.457 e. The number of nitrogens with zero attached hydrogens (tertiary/aromatic N) is 2. The van der Waals surface area contributed by atoms with E-state index in [9.17, 15) is 0 Å². The van der Waals surface area contributed by atoms with Crippen molar-refractivity contribution in [2.75, 3.05) is 46.1 Å². The quantitative estimate of drug-likeness (QED) is 0.641. The second kappa shape index (κ2) is 8.93. The van der Waals surface area contributed by atoms with Crippen molar-refractivity contribution in [1.29, 1.82) is 0 Å². The van der Waals surface area contributed by atoms with Gasteiger partial charge in [0.1, 0.15) is 5.76 Å². The average Bonchev–Trinajstić information content (AvgIpc) is 3.52. The summed E-state index contributed by atoms with van der Waals surface area (Å²) in [7, 11) is 0. The molecule has 29 heavy (non-hydrogen) atoms. The number of benzene rings is 1. The van der Waals surface area contributed by atoms with Crippen LogP contribution in [0.1, 0.15) is 12.2 Å². The highest BCUT2D eigenvalue weighted by atomic mass is 32.1. The van der Waals surface area contributed by atoms with Gasteiger partial charge in [0.25, 0.3) is 0 Å². The smallest absolute Gasteiger partial charge is 0.163 e. The normalized spacial score (nSPS) is 21.7. The predicted molar refractivity (Wildman–Crippen MR) is 114 cm³/mol. The third-order valence-corrected chi connectivity index (χ3v) is 6.89. The Hall–Kier alpha value is -1.77. The average molecular weight is 414 g/mol. The van der Waals surface area contributed by atoms with E-state index in [1.54, 1.807) is 11.3 Å². The minimum atomic E-state index is 0.486. The van der Waals surface area contributed by atoms with Crippen LogP contribution in [0.4, 0.5) is 0 Å². The fraction of sp³-hybridized carbons (Fsp3) is 0.500. The van der Waals surface area contributed by atoms with Crippen LogP contribution in [0.2, 0.25) is 0 Å². The highest BCUT2D eigenvalue weighted by Crippen LogP contribution is 2.31. The zero-order valence-electron chi connectivity index (χ0n) is 16.5. The summed E-state index contributed by atoms with van der Waals surface area (Å²) in [4.78, 5) is 7.25. The van der Waals surface area contributed by atoms with Crippen molar-refractivity contribution in [3.05, 3.63) is 42.2 Å². The number of hydrogen-bond donors (Lipinski definition) is 1. The lowest BCUT2D eigenvalue weighted by Gasteiger charge is -2.37. The Labute approximate surface area is 174 Å². The molecule has 2 unspecified atom stereocenters. The molecule has 7 heteroatoms. The maximum absolute atomic E-state index is 6.08. The van der Waals surface area contributed by atoms with Crippen molar-refractivity contribution in [2.24, 2.45) is 5.92 Å². The SMILES string of the molecule is c1ccc2sc(-c3ccc(CNCC(C4CCOC4)N4CCOCC4)o3)nc2c1. The zero-order valence-corrected chi connectivity index (χ0v) is 17.3. The lowest BCUT2D eigenvalue weighted by Crippen LogP contribution is -2.51. The number of ether oxygens (including phenoxy) is 2. The molecule has 5 rings (SSSR count). The molecule has 2 aliphatic rings. The third-order valence-electron chi connectivity index (χ3n) is 5.84. The van der Waals surface area contributed by atoms with Gasteiger partial charge in [-0.25, -0.2) is 4.98 Å². The molecule has 1 aromatic carbocycles. The molecular weight excluding hydrogens is 386 g/mol. The summed E-state index contributed by atoms with van der Waals surface area (Å²) in [6.07, 6.45) is 1.15. The Morgan fingerprint density at radius 3 is 2.83 bits per heavy atom. The number of aromatic nitrogens is 1. The fourth-order valence-corrected chi connectivity index (χ4v) is 5.20. The summed E-state index contributed by atoms with van der Waals surface area (Å²) < 4.78 is 18.5. The molecule has 2 saturated heterocycles. The highest BCUT2D eigenvalue weighted by molar-refractivity contribution is 7.21. The van der Waals surface area contributed by atoms with Crippen LogP contribution >= 0.6 is 11.3 Å². The fourth-order valence-electron chi connectivity index (χ4n) is 4.27. The maximum atomic E-state index is 6.08. The molecule has 0 bridgehead atoms. The van der Waals surface area contributed by atoms with Crippen LogP contribution in [0.15, 0.2) is 40.8 Å². The molecule has 1 N–H and O–H groups in total. The number of morpholine rings is 1. The van der Waals surface area contributed by atoms with Gasteiger partial charge in [-0.05, 0) is 30.7 Å². The van der Waals surface area contributed by atoms with Crippen molar-refractivity contribution in [3.8, 4) is 10.8 Å². The van der Waals surface area contributed by atoms with Gasteiger partial charge in [-0.15, -0.1) is 11.3 Å². The van der Waals surface area contributed by atoms with Crippen LogP contribution in [0.3, 0.4) is 0 Å². The zero-order chi connectivity index (χ0) is 19.5. The van der Waals surface area contributed by atoms with Gasteiger partial charge < -0.3 is 19.2 Å². The first-order valence-electron chi connectivity index (χ1n) is 10.4. The van der Waals surface area contributed by atoms with Crippen molar-refractivity contribution in [1.82, 2.24) is 15.2 Å². The van der Waals surface area contributed by atoms with E-state index in [1.807, 2.05) is 24.3 Å². The summed E-state index contributed by atoms with van der Waals surface area (Å²) in [5.74, 6) is 2.38. The minimum Gasteiger partial charge on any atom is -0.457 e. The van der Waals surface area contributed by atoms with E-state index in [0.29, 0.717) is 12.0 Å². The molecule has 6 nitrogen and oxygen atoms in total. The van der Waals surface area contributed by atoms with Crippen LogP contribution in [0.5, 0.6) is 0 Å². The molecular formula is C22H27N3O3S. The Bertz CT molecular complexity index is 895. The number of hydrogen-bond acceptors (Lipinski definition) is 7. The molecule has 3 aromatic rings. The molecule has 0 spiro atoms. The Morgan fingerprint density at radius 2 is 2.00 bits per heavy atom. The van der Waals surface area contributed by atoms with E-state index >= 15 is 0 Å². The molecule has 0 amide bonds. The van der Waals surface area contributed by atoms with E-state index in [0.717, 1.165) is 81.1 Å². The van der Waals surface area contributed by atoms with Gasteiger partial charge in [-0.3, -0.25) is 4.90 Å². The minimum absolute atomic E-state index is 0.486. The molecule has 2 aromatic heterocycles. The molecule has 0 saturated carbocycles. The standard InChI is InChI=1S/C22H27N3O3S/c1-2-4-21-18(3-1)24-22(29-21)20-6-5-17(28-20)13-23-14-19(16-7-10-27-15-16)25-8-11-26-12-9-25/h1-6,16,19,23H,7-15H2. The number of nitrogens with one attached hydrogen (secondary N) is 1. The summed E-state index contributed by atoms with van der Waals surface area (Å²) in [5.41, 5.74) is 1.02.